The lowest BCUT2D eigenvalue weighted by molar-refractivity contribution is -0.385. The van der Waals surface area contributed by atoms with Gasteiger partial charge in [-0.2, -0.15) is 0 Å². The zero-order valence-electron chi connectivity index (χ0n) is 24.5. The lowest BCUT2D eigenvalue weighted by Gasteiger charge is -2.50. The molecule has 3 saturated heterocycles. The molecule has 0 aromatic heterocycles. The molecule has 16 atom stereocenters. The van der Waals surface area contributed by atoms with Gasteiger partial charge in [-0.25, -0.2) is 4.79 Å². The number of amides is 1. The third kappa shape index (κ3) is 8.08. The first-order valence-corrected chi connectivity index (χ1v) is 14.2. The van der Waals surface area contributed by atoms with E-state index in [1.165, 1.54) is 0 Å². The number of aliphatic carboxylic acids is 1. The van der Waals surface area contributed by atoms with Gasteiger partial charge in [0.1, 0.15) is 61.0 Å². The summed E-state index contributed by atoms with van der Waals surface area (Å²) in [6.45, 7) is -2.28. The van der Waals surface area contributed by atoms with Gasteiger partial charge in [-0.1, -0.05) is 0 Å². The van der Waals surface area contributed by atoms with E-state index in [9.17, 15) is 65.8 Å². The van der Waals surface area contributed by atoms with Gasteiger partial charge in [0.2, 0.25) is 5.91 Å². The van der Waals surface area contributed by atoms with Crippen molar-refractivity contribution in [3.8, 4) is 0 Å². The van der Waals surface area contributed by atoms with Crippen LogP contribution in [0.15, 0.2) is 0 Å². The van der Waals surface area contributed by atoms with Crippen molar-refractivity contribution >= 4 is 18.3 Å². The fourth-order valence-electron chi connectivity index (χ4n) is 5.60. The number of ether oxygens (including phenoxy) is 6. The number of carboxylic acid groups (broad SMARTS) is 1. The van der Waals surface area contributed by atoms with Crippen molar-refractivity contribution in [2.45, 2.75) is 105 Å². The predicted octanol–water partition coefficient (Wildman–Crippen LogP) is -7.34. The van der Waals surface area contributed by atoms with Gasteiger partial charge in [0.25, 0.3) is 5.79 Å². The molecule has 3 aliphatic rings. The van der Waals surface area contributed by atoms with Crippen LogP contribution in [0.3, 0.4) is 0 Å². The quantitative estimate of drug-likeness (QED) is 0.0601. The molecule has 0 saturated carbocycles. The van der Waals surface area contributed by atoms with Gasteiger partial charge in [0.15, 0.2) is 19.0 Å². The third-order valence-corrected chi connectivity index (χ3v) is 8.02. The van der Waals surface area contributed by atoms with Crippen molar-refractivity contribution in [1.29, 1.82) is 5.41 Å². The highest BCUT2D eigenvalue weighted by Gasteiger charge is 2.60. The van der Waals surface area contributed by atoms with Crippen LogP contribution in [0.4, 0.5) is 0 Å². The summed E-state index contributed by atoms with van der Waals surface area (Å²) in [5, 5.41) is 123. The number of rotatable bonds is 14. The summed E-state index contributed by atoms with van der Waals surface area (Å²) in [5.74, 6) is -6.91. The van der Waals surface area contributed by atoms with Crippen LogP contribution in [0.5, 0.6) is 0 Å². The fourth-order valence-corrected chi connectivity index (χ4v) is 5.60. The first kappa shape index (κ1) is 38.3. The Morgan fingerprint density at radius 2 is 1.65 bits per heavy atom. The minimum atomic E-state index is -2.99. The summed E-state index contributed by atoms with van der Waals surface area (Å²) in [5.41, 5.74) is 0. The molecule has 0 spiro atoms. The summed E-state index contributed by atoms with van der Waals surface area (Å²) in [6.07, 6.45) is -24.7. The SMILES string of the molecule is CC(=O)NC1C(O)OC(CO)C(OC2OC(CO)C(O)C(OC3(C(=O)O)CC(O)C(COC=N)C(C(O)C(O)CO)O3)C2O)C1O. The summed E-state index contributed by atoms with van der Waals surface area (Å²) in [7, 11) is 0. The molecule has 1 amide bonds. The lowest BCUT2D eigenvalue weighted by Crippen LogP contribution is -2.69. The second-order valence-electron chi connectivity index (χ2n) is 11.1. The van der Waals surface area contributed by atoms with Crippen LogP contribution in [0.2, 0.25) is 0 Å². The van der Waals surface area contributed by atoms with E-state index in [-0.39, 0.29) is 0 Å². The van der Waals surface area contributed by atoms with Crippen molar-refractivity contribution in [1.82, 2.24) is 5.32 Å². The van der Waals surface area contributed by atoms with Gasteiger partial charge in [0.05, 0.1) is 38.6 Å². The third-order valence-electron chi connectivity index (χ3n) is 8.02. The second-order valence-corrected chi connectivity index (χ2v) is 11.1. The molecule has 13 N–H and O–H groups in total. The van der Waals surface area contributed by atoms with E-state index in [0.29, 0.717) is 6.40 Å². The summed E-state index contributed by atoms with van der Waals surface area (Å²) in [4.78, 5) is 24.2. The Morgan fingerprint density at radius 1 is 1.00 bits per heavy atom. The Kier molecular flexibility index (Phi) is 13.5. The number of carboxylic acids is 1. The molecule has 46 heavy (non-hydrogen) atoms. The van der Waals surface area contributed by atoms with E-state index < -0.39 is 142 Å². The van der Waals surface area contributed by atoms with E-state index in [0.717, 1.165) is 6.92 Å². The van der Waals surface area contributed by atoms with Crippen LogP contribution in [0, 0.1) is 11.3 Å². The highest BCUT2D eigenvalue weighted by molar-refractivity contribution is 5.76. The van der Waals surface area contributed by atoms with Gasteiger partial charge in [-0.05, 0) is 0 Å². The Bertz CT molecular complexity index is 1030. The largest absolute Gasteiger partial charge is 0.483 e. The molecule has 16 unspecified atom stereocenters. The van der Waals surface area contributed by atoms with Gasteiger partial charge < -0.3 is 89.9 Å². The van der Waals surface area contributed by atoms with E-state index in [4.69, 9.17) is 33.8 Å². The van der Waals surface area contributed by atoms with Crippen LogP contribution in [-0.2, 0) is 38.0 Å². The summed E-state index contributed by atoms with van der Waals surface area (Å²) < 4.78 is 32.3. The van der Waals surface area contributed by atoms with Crippen molar-refractivity contribution < 1.29 is 94.2 Å². The molecule has 0 radical (unpaired) electrons. The minimum absolute atomic E-state index is 0.493. The standard InChI is InChI=1S/C25H42N2O19/c1-8(31)27-14-17(36)20(13(5-30)42-22(14)38)44-23-18(37)21(16(35)12(4-29)43-23)46-25(24(39)40)2-10(32)9(6-41-7-26)19(45-25)15(34)11(33)3-28/h7,9-23,26,28-30,32-38H,2-6H2,1H3,(H,27,31)(H,39,40). The van der Waals surface area contributed by atoms with Crippen molar-refractivity contribution in [3.63, 3.8) is 0 Å². The number of hydrogen-bond donors (Lipinski definition) is 13. The number of aliphatic hydroxyl groups excluding tert-OH is 10. The molecular formula is C25H42N2O19. The van der Waals surface area contributed by atoms with Crippen molar-refractivity contribution in [2.75, 3.05) is 26.4 Å². The second kappa shape index (κ2) is 16.3. The van der Waals surface area contributed by atoms with E-state index >= 15 is 0 Å². The topological polar surface area (TPSA) is 348 Å². The Labute approximate surface area is 260 Å². The maximum absolute atomic E-state index is 12.6. The fraction of sp³-hybridized carbons (Fsp3) is 0.880. The molecule has 21 nitrogen and oxygen atoms in total. The maximum Gasteiger partial charge on any atom is 0.364 e. The van der Waals surface area contributed by atoms with E-state index in [1.807, 2.05) is 0 Å². The first-order valence-electron chi connectivity index (χ1n) is 14.2. The van der Waals surface area contributed by atoms with Gasteiger partial charge in [-0.15, -0.1) is 0 Å². The highest BCUT2D eigenvalue weighted by atomic mass is 16.8. The molecule has 266 valence electrons. The molecule has 3 rings (SSSR count). The van der Waals surface area contributed by atoms with Crippen LogP contribution >= 0.6 is 0 Å². The molecule has 3 aliphatic heterocycles. The normalized spacial score (nSPS) is 42.9. The number of aliphatic hydroxyl groups is 10. The molecule has 3 fully saturated rings. The van der Waals surface area contributed by atoms with Crippen LogP contribution < -0.4 is 5.32 Å². The summed E-state index contributed by atoms with van der Waals surface area (Å²) in [6, 6.07) is -1.49. The minimum Gasteiger partial charge on any atom is -0.483 e. The highest BCUT2D eigenvalue weighted by Crippen LogP contribution is 2.40. The van der Waals surface area contributed by atoms with Gasteiger partial charge in [-0.3, -0.25) is 10.2 Å². The van der Waals surface area contributed by atoms with Gasteiger partial charge in [0, 0.05) is 19.3 Å². The van der Waals surface area contributed by atoms with Gasteiger partial charge >= 0.3 is 5.97 Å². The molecule has 0 aliphatic carbocycles. The van der Waals surface area contributed by atoms with E-state index in [1.54, 1.807) is 0 Å². The zero-order valence-corrected chi connectivity index (χ0v) is 24.5. The number of carbonyl (C=O) groups is 2. The van der Waals surface area contributed by atoms with Crippen LogP contribution in [0.25, 0.3) is 0 Å². The van der Waals surface area contributed by atoms with E-state index in [2.05, 4.69) is 5.32 Å². The first-order chi connectivity index (χ1) is 21.7. The molecule has 3 heterocycles. The van der Waals surface area contributed by atoms with Crippen molar-refractivity contribution in [3.05, 3.63) is 0 Å². The maximum atomic E-state index is 12.6. The molecule has 21 heteroatoms. The van der Waals surface area contributed by atoms with Crippen LogP contribution in [0.1, 0.15) is 13.3 Å². The summed E-state index contributed by atoms with van der Waals surface area (Å²) >= 11 is 0. The number of carbonyl (C=O) groups excluding carboxylic acids is 1. The Morgan fingerprint density at radius 3 is 2.20 bits per heavy atom. The number of nitrogens with one attached hydrogen (secondary N) is 2. The molecule has 0 aromatic carbocycles. The molecule has 0 aromatic rings. The smallest absolute Gasteiger partial charge is 0.364 e. The monoisotopic (exact) mass is 674 g/mol. The Hall–Kier alpha value is -2.19. The average molecular weight is 675 g/mol. The predicted molar refractivity (Wildman–Crippen MR) is 142 cm³/mol. The molecular weight excluding hydrogens is 632 g/mol. The molecule has 0 bridgehead atoms. The van der Waals surface area contributed by atoms with Crippen molar-refractivity contribution in [2.24, 2.45) is 5.92 Å². The average Bonchev–Trinajstić information content (AvgIpc) is 3.01. The number of hydrogen-bond acceptors (Lipinski definition) is 19. The zero-order chi connectivity index (χ0) is 34.5. The van der Waals surface area contributed by atoms with Crippen LogP contribution in [-0.4, -0.2) is 192 Å². The Balaban J connectivity index is 1.94. The lowest BCUT2D eigenvalue weighted by atomic mass is 9.83.